The van der Waals surface area contributed by atoms with E-state index in [1.54, 1.807) is 6.08 Å². The zero-order valence-electron chi connectivity index (χ0n) is 13.9. The van der Waals surface area contributed by atoms with E-state index in [2.05, 4.69) is 0 Å². The molecule has 1 aromatic heterocycles. The van der Waals surface area contributed by atoms with Crippen molar-refractivity contribution in [2.75, 3.05) is 11.4 Å². The molecule has 0 bridgehead atoms. The minimum Gasteiger partial charge on any atom is -0.457 e. The molecule has 5 nitrogen and oxygen atoms in total. The average Bonchev–Trinajstić information content (AvgIpc) is 3.04. The number of hydrogen-bond donors (Lipinski definition) is 1. The normalized spacial score (nSPS) is 11.1. The van der Waals surface area contributed by atoms with Crippen LogP contribution in [0.5, 0.6) is 0 Å². The highest BCUT2D eigenvalue weighted by Crippen LogP contribution is 2.20. The summed E-state index contributed by atoms with van der Waals surface area (Å²) in [4.78, 5) is 25.0. The van der Waals surface area contributed by atoms with Gasteiger partial charge in [0, 0.05) is 30.1 Å². The highest BCUT2D eigenvalue weighted by Gasteiger charge is 2.14. The van der Waals surface area contributed by atoms with Gasteiger partial charge in [0.2, 0.25) is 5.91 Å². The first-order valence-corrected chi connectivity index (χ1v) is 8.05. The molecule has 0 radical (unpaired) electrons. The standard InChI is InChI=1S/C20H17FN2O3/c21-15-5-7-16(8-6-15)23(12-11-19(22)24)20(25)10-9-17-13-14-3-1-2-4-18(14)26-17/h1-10,13H,11-12H2,(H2,22,24)/b10-9+. The number of anilines is 1. The molecule has 0 spiro atoms. The van der Waals surface area contributed by atoms with Gasteiger partial charge in [0.15, 0.2) is 0 Å². The predicted molar refractivity (Wildman–Crippen MR) is 97.8 cm³/mol. The maximum Gasteiger partial charge on any atom is 0.251 e. The minimum absolute atomic E-state index is 0.00158. The molecule has 26 heavy (non-hydrogen) atoms. The quantitative estimate of drug-likeness (QED) is 0.690. The summed E-state index contributed by atoms with van der Waals surface area (Å²) in [6.45, 7) is 0.101. The Bertz CT molecular complexity index is 928. The molecule has 0 saturated carbocycles. The molecular weight excluding hydrogens is 335 g/mol. The van der Waals surface area contributed by atoms with Crippen LogP contribution < -0.4 is 10.6 Å². The van der Waals surface area contributed by atoms with Gasteiger partial charge in [-0.3, -0.25) is 9.59 Å². The van der Waals surface area contributed by atoms with E-state index in [0.29, 0.717) is 11.4 Å². The molecule has 1 heterocycles. The number of primary amides is 1. The number of benzene rings is 2. The highest BCUT2D eigenvalue weighted by atomic mass is 19.1. The lowest BCUT2D eigenvalue weighted by molar-refractivity contribution is -0.118. The number of carbonyl (C=O) groups excluding carboxylic acids is 2. The largest absolute Gasteiger partial charge is 0.457 e. The number of carbonyl (C=O) groups is 2. The molecule has 0 aliphatic heterocycles. The summed E-state index contributed by atoms with van der Waals surface area (Å²) in [5.74, 6) is -0.758. The van der Waals surface area contributed by atoms with Crippen molar-refractivity contribution in [3.8, 4) is 0 Å². The van der Waals surface area contributed by atoms with E-state index in [1.165, 1.54) is 35.2 Å². The number of rotatable bonds is 6. The Hall–Kier alpha value is -3.41. The summed E-state index contributed by atoms with van der Waals surface area (Å²) in [6, 6.07) is 14.8. The molecule has 0 unspecified atom stereocenters. The molecule has 2 aromatic carbocycles. The number of amides is 2. The Morgan fingerprint density at radius 2 is 1.85 bits per heavy atom. The topological polar surface area (TPSA) is 76.5 Å². The SMILES string of the molecule is NC(=O)CCN(C(=O)/C=C/c1cc2ccccc2o1)c1ccc(F)cc1. The Morgan fingerprint density at radius 1 is 1.12 bits per heavy atom. The molecular formula is C20H17FN2O3. The number of nitrogens with zero attached hydrogens (tertiary/aromatic N) is 1. The van der Waals surface area contributed by atoms with E-state index in [1.807, 2.05) is 30.3 Å². The Balaban J connectivity index is 1.81. The van der Waals surface area contributed by atoms with Crippen LogP contribution in [0, 0.1) is 5.82 Å². The maximum absolute atomic E-state index is 13.1. The molecule has 0 aliphatic rings. The van der Waals surface area contributed by atoms with Crippen LogP contribution in [-0.4, -0.2) is 18.4 Å². The molecule has 3 rings (SSSR count). The van der Waals surface area contributed by atoms with Crippen LogP contribution in [0.1, 0.15) is 12.2 Å². The zero-order valence-corrected chi connectivity index (χ0v) is 13.9. The van der Waals surface area contributed by atoms with Gasteiger partial charge in [-0.05, 0) is 42.5 Å². The average molecular weight is 352 g/mol. The lowest BCUT2D eigenvalue weighted by atomic mass is 10.2. The fourth-order valence-corrected chi connectivity index (χ4v) is 2.54. The maximum atomic E-state index is 13.1. The van der Waals surface area contributed by atoms with Crippen molar-refractivity contribution in [1.29, 1.82) is 0 Å². The monoisotopic (exact) mass is 352 g/mol. The number of fused-ring (bicyclic) bond motifs is 1. The first kappa shape index (κ1) is 17.4. The smallest absolute Gasteiger partial charge is 0.251 e. The summed E-state index contributed by atoms with van der Waals surface area (Å²) in [5.41, 5.74) is 6.39. The van der Waals surface area contributed by atoms with Gasteiger partial charge in [0.25, 0.3) is 5.91 Å². The van der Waals surface area contributed by atoms with E-state index >= 15 is 0 Å². The van der Waals surface area contributed by atoms with Crippen molar-refractivity contribution in [2.45, 2.75) is 6.42 Å². The number of furan rings is 1. The lowest BCUT2D eigenvalue weighted by Gasteiger charge is -2.20. The fourth-order valence-electron chi connectivity index (χ4n) is 2.54. The van der Waals surface area contributed by atoms with Crippen LogP contribution in [0.25, 0.3) is 17.0 Å². The zero-order chi connectivity index (χ0) is 18.5. The van der Waals surface area contributed by atoms with Crippen LogP contribution >= 0.6 is 0 Å². The van der Waals surface area contributed by atoms with Crippen LogP contribution in [0.3, 0.4) is 0 Å². The third-order valence-corrected chi connectivity index (χ3v) is 3.82. The van der Waals surface area contributed by atoms with E-state index in [0.717, 1.165) is 11.0 Å². The third-order valence-electron chi connectivity index (χ3n) is 3.82. The summed E-state index contributed by atoms with van der Waals surface area (Å²) >= 11 is 0. The number of hydrogen-bond acceptors (Lipinski definition) is 3. The van der Waals surface area contributed by atoms with Crippen molar-refractivity contribution in [1.82, 2.24) is 0 Å². The van der Waals surface area contributed by atoms with Gasteiger partial charge in [0.1, 0.15) is 17.2 Å². The van der Waals surface area contributed by atoms with Crippen molar-refractivity contribution in [3.63, 3.8) is 0 Å². The molecule has 2 amide bonds. The first-order chi connectivity index (χ1) is 12.5. The van der Waals surface area contributed by atoms with Crippen molar-refractivity contribution in [2.24, 2.45) is 5.73 Å². The van der Waals surface area contributed by atoms with Gasteiger partial charge in [-0.15, -0.1) is 0 Å². The Morgan fingerprint density at radius 3 is 2.54 bits per heavy atom. The second-order valence-corrected chi connectivity index (χ2v) is 5.70. The summed E-state index contributed by atoms with van der Waals surface area (Å²) in [7, 11) is 0. The van der Waals surface area contributed by atoms with E-state index < -0.39 is 11.7 Å². The van der Waals surface area contributed by atoms with Crippen molar-refractivity contribution in [3.05, 3.63) is 72.3 Å². The van der Waals surface area contributed by atoms with Crippen LogP contribution in [-0.2, 0) is 9.59 Å². The van der Waals surface area contributed by atoms with Gasteiger partial charge in [-0.25, -0.2) is 4.39 Å². The van der Waals surface area contributed by atoms with Gasteiger partial charge >= 0.3 is 0 Å². The lowest BCUT2D eigenvalue weighted by Crippen LogP contribution is -2.32. The molecule has 0 aliphatic carbocycles. The molecule has 0 fully saturated rings. The van der Waals surface area contributed by atoms with Gasteiger partial charge in [0.05, 0.1) is 0 Å². The van der Waals surface area contributed by atoms with Crippen LogP contribution in [0.4, 0.5) is 10.1 Å². The third kappa shape index (κ3) is 4.16. The molecule has 6 heteroatoms. The number of para-hydroxylation sites is 1. The van der Waals surface area contributed by atoms with Gasteiger partial charge in [-0.1, -0.05) is 18.2 Å². The van der Waals surface area contributed by atoms with Gasteiger partial charge < -0.3 is 15.1 Å². The Kier molecular flexibility index (Phi) is 5.12. The van der Waals surface area contributed by atoms with E-state index in [4.69, 9.17) is 10.2 Å². The van der Waals surface area contributed by atoms with Crippen LogP contribution in [0.15, 0.2) is 65.1 Å². The summed E-state index contributed by atoms with van der Waals surface area (Å²) in [5, 5.41) is 0.934. The molecule has 3 aromatic rings. The molecule has 0 atom stereocenters. The predicted octanol–water partition coefficient (Wildman–Crippen LogP) is 3.49. The van der Waals surface area contributed by atoms with Crippen molar-refractivity contribution >= 4 is 34.5 Å². The number of halogens is 1. The second kappa shape index (κ2) is 7.65. The molecule has 132 valence electrons. The van der Waals surface area contributed by atoms with Gasteiger partial charge in [-0.2, -0.15) is 0 Å². The minimum atomic E-state index is -0.522. The molecule has 2 N–H and O–H groups in total. The highest BCUT2D eigenvalue weighted by molar-refractivity contribution is 6.04. The first-order valence-electron chi connectivity index (χ1n) is 8.05. The van der Waals surface area contributed by atoms with Crippen molar-refractivity contribution < 1.29 is 18.4 Å². The second-order valence-electron chi connectivity index (χ2n) is 5.70. The van der Waals surface area contributed by atoms with E-state index in [9.17, 15) is 14.0 Å². The number of nitrogens with two attached hydrogens (primary N) is 1. The van der Waals surface area contributed by atoms with E-state index in [-0.39, 0.29) is 18.9 Å². The molecule has 0 saturated heterocycles. The summed E-state index contributed by atoms with van der Waals surface area (Å²) < 4.78 is 18.8. The Labute approximate surface area is 149 Å². The van der Waals surface area contributed by atoms with Crippen LogP contribution in [0.2, 0.25) is 0 Å². The summed E-state index contributed by atoms with van der Waals surface area (Å²) in [6.07, 6.45) is 2.91. The fraction of sp³-hybridized carbons (Fsp3) is 0.100.